The number of ether oxygens (including phenoxy) is 2. The molecule has 0 aliphatic carbocycles. The summed E-state index contributed by atoms with van der Waals surface area (Å²) in [7, 11) is 1.79. The smallest absolute Gasteiger partial charge is 0.330 e. The van der Waals surface area contributed by atoms with Gasteiger partial charge in [-0.2, -0.15) is 0 Å². The van der Waals surface area contributed by atoms with Crippen molar-refractivity contribution in [2.75, 3.05) is 20.3 Å². The molecule has 0 aromatic heterocycles. The Bertz CT molecular complexity index is 1040. The fourth-order valence-electron chi connectivity index (χ4n) is 3.46. The molecule has 2 aromatic rings. The third kappa shape index (κ3) is 7.85. The minimum absolute atomic E-state index is 0.0568. The summed E-state index contributed by atoms with van der Waals surface area (Å²) < 4.78 is 11.4. The van der Waals surface area contributed by atoms with Gasteiger partial charge in [0.05, 0.1) is 23.9 Å². The molecule has 2 aromatic carbocycles. The van der Waals surface area contributed by atoms with E-state index in [-0.39, 0.29) is 18.1 Å². The Labute approximate surface area is 215 Å². The van der Waals surface area contributed by atoms with E-state index in [0.29, 0.717) is 47.7 Å². The Kier molecular flexibility index (Phi) is 9.77. The topological polar surface area (TPSA) is 83.5 Å². The fourth-order valence-corrected chi connectivity index (χ4v) is 3.81. The van der Waals surface area contributed by atoms with Crippen LogP contribution in [0.5, 0.6) is 5.75 Å². The summed E-state index contributed by atoms with van der Waals surface area (Å²) in [6, 6.07) is 11.7. The number of nitrogens with zero attached hydrogens (tertiary/aromatic N) is 3. The quantitative estimate of drug-likeness (QED) is 0.306. The number of imide groups is 1. The van der Waals surface area contributed by atoms with Gasteiger partial charge in [0.15, 0.2) is 0 Å². The number of guanidine groups is 1. The van der Waals surface area contributed by atoms with Crippen molar-refractivity contribution in [2.24, 2.45) is 4.99 Å². The number of urea groups is 1. The number of hydrogen-bond donors (Lipinski definition) is 1. The Morgan fingerprint density at radius 3 is 2.49 bits per heavy atom. The molecule has 1 N–H and O–H groups in total. The van der Waals surface area contributed by atoms with Crippen LogP contribution in [0.2, 0.25) is 10.0 Å². The fraction of sp³-hybridized carbons (Fsp3) is 0.400. The lowest BCUT2D eigenvalue weighted by Crippen LogP contribution is -2.49. The molecular weight excluding hydrogens is 491 g/mol. The Hall–Kier alpha value is -2.81. The molecule has 1 aliphatic rings. The van der Waals surface area contributed by atoms with E-state index in [9.17, 15) is 9.59 Å². The largest absolute Gasteiger partial charge is 0.489 e. The van der Waals surface area contributed by atoms with Crippen molar-refractivity contribution in [3.8, 4) is 5.75 Å². The molecule has 1 aliphatic heterocycles. The van der Waals surface area contributed by atoms with Gasteiger partial charge in [-0.05, 0) is 49.7 Å². The Morgan fingerprint density at radius 2 is 1.89 bits per heavy atom. The van der Waals surface area contributed by atoms with Crippen LogP contribution in [0.1, 0.15) is 32.3 Å². The van der Waals surface area contributed by atoms with Crippen molar-refractivity contribution in [2.45, 2.75) is 45.4 Å². The van der Waals surface area contributed by atoms with Gasteiger partial charge < -0.3 is 14.4 Å². The first kappa shape index (κ1) is 26.8. The highest BCUT2D eigenvalue weighted by molar-refractivity contribution is 6.32. The number of benzene rings is 2. The van der Waals surface area contributed by atoms with Gasteiger partial charge in [-0.1, -0.05) is 35.3 Å². The second-order valence-corrected chi connectivity index (χ2v) is 9.34. The molecule has 0 atom stereocenters. The molecule has 0 saturated carbocycles. The van der Waals surface area contributed by atoms with Crippen molar-refractivity contribution in [1.29, 1.82) is 0 Å². The van der Waals surface area contributed by atoms with Gasteiger partial charge >= 0.3 is 6.03 Å². The van der Waals surface area contributed by atoms with Crippen molar-refractivity contribution < 1.29 is 19.1 Å². The number of carbonyl (C=O) groups excluding carboxylic acids is 2. The maximum Gasteiger partial charge on any atom is 0.330 e. The van der Waals surface area contributed by atoms with Crippen molar-refractivity contribution in [3.05, 3.63) is 58.1 Å². The number of carbonyl (C=O) groups is 2. The SMILES string of the molecule is CC(C)N(C=O)C(=O)NC(=Nc1ccc(OC2CCOCC2)c(Cl)c1)N(C)Cc1ccc(Cl)cc1. The van der Waals surface area contributed by atoms with E-state index in [1.54, 1.807) is 56.1 Å². The minimum atomic E-state index is -0.581. The van der Waals surface area contributed by atoms with Crippen LogP contribution in [0, 0.1) is 0 Å². The summed E-state index contributed by atoms with van der Waals surface area (Å²) in [5, 5.41) is 3.80. The molecule has 0 bridgehead atoms. The standard InChI is InChI=1S/C25H30Cl2N4O4/c1-17(2)31(16-32)25(33)29-24(30(3)15-18-4-6-19(26)7-5-18)28-20-8-9-23(22(27)14-20)35-21-10-12-34-13-11-21/h4-9,14,16-17,21H,10-13,15H2,1-3H3,(H,28,29,33). The highest BCUT2D eigenvalue weighted by Gasteiger charge is 2.20. The van der Waals surface area contributed by atoms with E-state index in [1.165, 1.54) is 0 Å². The lowest BCUT2D eigenvalue weighted by atomic mass is 10.1. The first-order valence-electron chi connectivity index (χ1n) is 11.4. The van der Waals surface area contributed by atoms with E-state index in [1.807, 2.05) is 12.1 Å². The molecule has 1 saturated heterocycles. The highest BCUT2D eigenvalue weighted by atomic mass is 35.5. The molecule has 1 fully saturated rings. The van der Waals surface area contributed by atoms with Crippen LogP contribution in [0.25, 0.3) is 0 Å². The summed E-state index contributed by atoms with van der Waals surface area (Å²) >= 11 is 12.5. The molecule has 35 heavy (non-hydrogen) atoms. The number of hydrogen-bond acceptors (Lipinski definition) is 5. The summed E-state index contributed by atoms with van der Waals surface area (Å²) in [6.45, 7) is 5.28. The van der Waals surface area contributed by atoms with E-state index in [0.717, 1.165) is 23.3 Å². The van der Waals surface area contributed by atoms with Crippen LogP contribution < -0.4 is 10.1 Å². The van der Waals surface area contributed by atoms with Crippen molar-refractivity contribution in [3.63, 3.8) is 0 Å². The van der Waals surface area contributed by atoms with Crippen LogP contribution in [0.4, 0.5) is 10.5 Å². The molecule has 3 rings (SSSR count). The van der Waals surface area contributed by atoms with E-state index < -0.39 is 6.03 Å². The summed E-state index contributed by atoms with van der Waals surface area (Å²) in [5.41, 5.74) is 1.49. The molecule has 0 radical (unpaired) electrons. The van der Waals surface area contributed by atoms with Crippen molar-refractivity contribution >= 4 is 47.3 Å². The number of nitrogens with one attached hydrogen (secondary N) is 1. The third-order valence-corrected chi connectivity index (χ3v) is 5.98. The molecule has 0 spiro atoms. The Balaban J connectivity index is 1.84. The monoisotopic (exact) mass is 520 g/mol. The summed E-state index contributed by atoms with van der Waals surface area (Å²) in [6.07, 6.45) is 2.17. The predicted octanol–water partition coefficient (Wildman–Crippen LogP) is 5.25. The lowest BCUT2D eigenvalue weighted by molar-refractivity contribution is -0.116. The third-order valence-electron chi connectivity index (χ3n) is 5.43. The number of rotatable bonds is 7. The van der Waals surface area contributed by atoms with E-state index in [4.69, 9.17) is 32.7 Å². The lowest BCUT2D eigenvalue weighted by Gasteiger charge is -2.26. The molecule has 10 heteroatoms. The molecule has 3 amide bonds. The average Bonchev–Trinajstić information content (AvgIpc) is 2.82. The zero-order chi connectivity index (χ0) is 25.4. The number of aliphatic imine (C=N–C) groups is 1. The van der Waals surface area contributed by atoms with Crippen LogP contribution in [-0.2, 0) is 16.1 Å². The van der Waals surface area contributed by atoms with Gasteiger partial charge in [-0.25, -0.2) is 9.79 Å². The molecular formula is C25H30Cl2N4O4. The van der Waals surface area contributed by atoms with Crippen LogP contribution in [0.3, 0.4) is 0 Å². The first-order valence-corrected chi connectivity index (χ1v) is 12.1. The van der Waals surface area contributed by atoms with Crippen LogP contribution in [-0.4, -0.2) is 60.6 Å². The maximum absolute atomic E-state index is 12.8. The number of amides is 3. The maximum atomic E-state index is 12.8. The average molecular weight is 521 g/mol. The zero-order valence-electron chi connectivity index (χ0n) is 20.0. The van der Waals surface area contributed by atoms with E-state index in [2.05, 4.69) is 10.3 Å². The zero-order valence-corrected chi connectivity index (χ0v) is 21.6. The van der Waals surface area contributed by atoms with Crippen molar-refractivity contribution in [1.82, 2.24) is 15.1 Å². The molecule has 0 unspecified atom stereocenters. The Morgan fingerprint density at radius 1 is 1.20 bits per heavy atom. The molecule has 1 heterocycles. The van der Waals surface area contributed by atoms with E-state index >= 15 is 0 Å². The van der Waals surface area contributed by atoms with Crippen LogP contribution >= 0.6 is 23.2 Å². The van der Waals surface area contributed by atoms with Gasteiger partial charge in [0.2, 0.25) is 12.4 Å². The summed E-state index contributed by atoms with van der Waals surface area (Å²) in [5.74, 6) is 0.830. The highest BCUT2D eigenvalue weighted by Crippen LogP contribution is 2.31. The molecule has 188 valence electrons. The summed E-state index contributed by atoms with van der Waals surface area (Å²) in [4.78, 5) is 31.6. The second kappa shape index (κ2) is 12.8. The minimum Gasteiger partial charge on any atom is -0.489 e. The number of halogens is 2. The van der Waals surface area contributed by atoms with Crippen LogP contribution in [0.15, 0.2) is 47.5 Å². The van der Waals surface area contributed by atoms with Gasteiger partial charge in [0.1, 0.15) is 11.9 Å². The van der Waals surface area contributed by atoms with Gasteiger partial charge in [-0.3, -0.25) is 15.0 Å². The predicted molar refractivity (Wildman–Crippen MR) is 138 cm³/mol. The van der Waals surface area contributed by atoms with Gasteiger partial charge in [0.25, 0.3) is 0 Å². The second-order valence-electron chi connectivity index (χ2n) is 8.50. The first-order chi connectivity index (χ1) is 16.8. The van der Waals surface area contributed by atoms with Gasteiger partial charge in [-0.15, -0.1) is 0 Å². The molecule has 8 nitrogen and oxygen atoms in total. The normalized spacial score (nSPS) is 14.5. The van der Waals surface area contributed by atoms with Gasteiger partial charge in [0, 0.05) is 37.5 Å².